The molecule has 0 saturated heterocycles. The molecule has 4 nitrogen and oxygen atoms in total. The number of hydrogen-bond donors (Lipinski definition) is 3. The molecule has 0 spiro atoms. The Balaban J connectivity index is 0.000000200. The number of benzene rings is 2. The molecule has 0 heterocycles. The van der Waals surface area contributed by atoms with Crippen LogP contribution >= 0.6 is 0 Å². The van der Waals surface area contributed by atoms with Gasteiger partial charge >= 0.3 is 0 Å². The molecule has 4 heteroatoms. The number of aryl methyl sites for hydroxylation is 2. The quantitative estimate of drug-likeness (QED) is 0.697. The first kappa shape index (κ1) is 15.7. The minimum Gasteiger partial charge on any atom is -0.399 e. The van der Waals surface area contributed by atoms with E-state index in [4.69, 9.17) is 17.2 Å². The van der Waals surface area contributed by atoms with Crippen molar-refractivity contribution in [3.63, 3.8) is 0 Å². The first-order chi connectivity index (χ1) is 9.31. The molecule has 0 unspecified atom stereocenters. The van der Waals surface area contributed by atoms with E-state index in [1.54, 1.807) is 0 Å². The first-order valence-electron chi connectivity index (χ1n) is 6.46. The zero-order valence-corrected chi connectivity index (χ0v) is 12.6. The minimum absolute atomic E-state index is 0.782. The Morgan fingerprint density at radius 1 is 0.750 bits per heavy atom. The number of hydrogen-bond acceptors (Lipinski definition) is 4. The number of nitrogens with two attached hydrogens (primary N) is 3. The van der Waals surface area contributed by atoms with E-state index in [0.29, 0.717) is 0 Å². The average Bonchev–Trinajstić information content (AvgIpc) is 2.37. The van der Waals surface area contributed by atoms with Crippen LogP contribution in [0.3, 0.4) is 0 Å². The lowest BCUT2D eigenvalue weighted by Gasteiger charge is -2.11. The fourth-order valence-electron chi connectivity index (χ4n) is 1.78. The Labute approximate surface area is 121 Å². The summed E-state index contributed by atoms with van der Waals surface area (Å²) in [5, 5.41) is 0. The maximum atomic E-state index is 5.70. The van der Waals surface area contributed by atoms with E-state index < -0.39 is 0 Å². The zero-order valence-electron chi connectivity index (χ0n) is 12.6. The molecule has 2 rings (SSSR count). The molecule has 2 aromatic rings. The molecule has 108 valence electrons. The van der Waals surface area contributed by atoms with Crippen molar-refractivity contribution in [1.29, 1.82) is 0 Å². The third-order valence-corrected chi connectivity index (χ3v) is 3.03. The molecule has 0 aliphatic carbocycles. The smallest absolute Gasteiger partial charge is 0.0374 e. The monoisotopic (exact) mass is 272 g/mol. The van der Waals surface area contributed by atoms with Gasteiger partial charge in [0.05, 0.1) is 0 Å². The van der Waals surface area contributed by atoms with Crippen LogP contribution in [0, 0.1) is 13.8 Å². The fourth-order valence-corrected chi connectivity index (χ4v) is 1.78. The summed E-state index contributed by atoms with van der Waals surface area (Å²) in [4.78, 5) is 2.04. The van der Waals surface area contributed by atoms with Crippen LogP contribution < -0.4 is 22.1 Å². The minimum atomic E-state index is 0.782. The maximum absolute atomic E-state index is 5.70. The van der Waals surface area contributed by atoms with Crippen molar-refractivity contribution in [3.05, 3.63) is 47.5 Å². The number of nitrogens with zero attached hydrogens (tertiary/aromatic N) is 1. The number of rotatable bonds is 1. The summed E-state index contributed by atoms with van der Waals surface area (Å²) in [6, 6.07) is 11.5. The summed E-state index contributed by atoms with van der Waals surface area (Å²) in [7, 11) is 4.01. The molecule has 0 aliphatic heterocycles. The van der Waals surface area contributed by atoms with E-state index in [1.807, 2.05) is 69.2 Å². The van der Waals surface area contributed by atoms with Gasteiger partial charge in [-0.05, 0) is 61.4 Å². The van der Waals surface area contributed by atoms with Crippen LogP contribution in [0.1, 0.15) is 11.1 Å². The van der Waals surface area contributed by atoms with Crippen molar-refractivity contribution in [1.82, 2.24) is 0 Å². The van der Waals surface area contributed by atoms with E-state index in [-0.39, 0.29) is 0 Å². The van der Waals surface area contributed by atoms with Gasteiger partial charge < -0.3 is 22.1 Å². The van der Waals surface area contributed by atoms with Crippen LogP contribution in [-0.2, 0) is 0 Å². The summed E-state index contributed by atoms with van der Waals surface area (Å²) in [5.41, 5.74) is 22.5. The largest absolute Gasteiger partial charge is 0.399 e. The third-order valence-electron chi connectivity index (χ3n) is 3.03. The van der Waals surface area contributed by atoms with Crippen LogP contribution in [0.2, 0.25) is 0 Å². The zero-order chi connectivity index (χ0) is 15.3. The van der Waals surface area contributed by atoms with Gasteiger partial charge in [-0.2, -0.15) is 0 Å². The second kappa shape index (κ2) is 6.70. The van der Waals surface area contributed by atoms with Gasteiger partial charge in [0.1, 0.15) is 0 Å². The lowest BCUT2D eigenvalue weighted by molar-refractivity contribution is 1.13. The van der Waals surface area contributed by atoms with Crippen molar-refractivity contribution in [2.24, 2.45) is 0 Å². The van der Waals surface area contributed by atoms with E-state index >= 15 is 0 Å². The van der Waals surface area contributed by atoms with Crippen LogP contribution in [0.4, 0.5) is 22.7 Å². The highest BCUT2D eigenvalue weighted by molar-refractivity contribution is 5.60. The van der Waals surface area contributed by atoms with Gasteiger partial charge in [-0.1, -0.05) is 0 Å². The molecular weight excluding hydrogens is 248 g/mol. The van der Waals surface area contributed by atoms with E-state index in [2.05, 4.69) is 0 Å². The molecule has 0 fully saturated rings. The predicted octanol–water partition coefficient (Wildman–Crippen LogP) is 2.80. The standard InChI is InChI=1S/2C8H12N2/c1-10(2)8-5-3-7(9)4-6-8;1-5-3-7(9)4-6(2)8(5)10/h3-6H,9H2,1-2H3;3-4H,9-10H2,1-2H3. The van der Waals surface area contributed by atoms with Gasteiger partial charge in [-0.15, -0.1) is 0 Å². The van der Waals surface area contributed by atoms with Crippen molar-refractivity contribution >= 4 is 22.7 Å². The molecule has 0 aromatic heterocycles. The summed E-state index contributed by atoms with van der Waals surface area (Å²) < 4.78 is 0. The summed E-state index contributed by atoms with van der Waals surface area (Å²) in [6.07, 6.45) is 0. The lowest BCUT2D eigenvalue weighted by Crippen LogP contribution is -2.08. The maximum Gasteiger partial charge on any atom is 0.0374 e. The Morgan fingerprint density at radius 2 is 1.20 bits per heavy atom. The highest BCUT2D eigenvalue weighted by Crippen LogP contribution is 2.19. The average molecular weight is 272 g/mol. The molecule has 0 radical (unpaired) electrons. The lowest BCUT2D eigenvalue weighted by atomic mass is 10.1. The molecular formula is C16H24N4. The van der Waals surface area contributed by atoms with Crippen molar-refractivity contribution in [3.8, 4) is 0 Å². The molecule has 20 heavy (non-hydrogen) atoms. The summed E-state index contributed by atoms with van der Waals surface area (Å²) in [5.74, 6) is 0. The summed E-state index contributed by atoms with van der Waals surface area (Å²) in [6.45, 7) is 3.91. The predicted molar refractivity (Wildman–Crippen MR) is 89.9 cm³/mol. The Bertz CT molecular complexity index is 536. The van der Waals surface area contributed by atoms with Gasteiger partial charge in [0, 0.05) is 36.8 Å². The molecule has 0 atom stereocenters. The normalized spacial score (nSPS) is 9.60. The van der Waals surface area contributed by atoms with Gasteiger partial charge in [0.15, 0.2) is 0 Å². The van der Waals surface area contributed by atoms with Gasteiger partial charge in [0.25, 0.3) is 0 Å². The number of anilines is 4. The Kier molecular flexibility index (Phi) is 5.26. The second-order valence-electron chi connectivity index (χ2n) is 5.05. The van der Waals surface area contributed by atoms with Gasteiger partial charge in [-0.25, -0.2) is 0 Å². The molecule has 0 saturated carbocycles. The molecule has 0 amide bonds. The first-order valence-corrected chi connectivity index (χ1v) is 6.46. The molecule has 2 aromatic carbocycles. The highest BCUT2D eigenvalue weighted by Gasteiger charge is 1.97. The third kappa shape index (κ3) is 4.39. The second-order valence-corrected chi connectivity index (χ2v) is 5.05. The van der Waals surface area contributed by atoms with Crippen molar-refractivity contribution in [2.45, 2.75) is 13.8 Å². The summed E-state index contributed by atoms with van der Waals surface area (Å²) >= 11 is 0. The van der Waals surface area contributed by atoms with Crippen LogP contribution in [0.5, 0.6) is 0 Å². The van der Waals surface area contributed by atoms with Crippen LogP contribution in [0.15, 0.2) is 36.4 Å². The van der Waals surface area contributed by atoms with Gasteiger partial charge in [0.2, 0.25) is 0 Å². The topological polar surface area (TPSA) is 81.3 Å². The van der Waals surface area contributed by atoms with Crippen molar-refractivity contribution in [2.75, 3.05) is 36.2 Å². The molecule has 6 N–H and O–H groups in total. The van der Waals surface area contributed by atoms with Crippen molar-refractivity contribution < 1.29 is 0 Å². The Morgan fingerprint density at radius 3 is 1.60 bits per heavy atom. The Hall–Kier alpha value is -2.36. The molecule has 0 aliphatic rings. The number of nitrogen functional groups attached to an aromatic ring is 3. The van der Waals surface area contributed by atoms with Crippen LogP contribution in [0.25, 0.3) is 0 Å². The molecule has 0 bridgehead atoms. The highest BCUT2D eigenvalue weighted by atomic mass is 15.1. The fraction of sp³-hybridized carbons (Fsp3) is 0.250. The van der Waals surface area contributed by atoms with Gasteiger partial charge in [-0.3, -0.25) is 0 Å². The van der Waals surface area contributed by atoms with E-state index in [9.17, 15) is 0 Å². The van der Waals surface area contributed by atoms with Crippen LogP contribution in [-0.4, -0.2) is 14.1 Å². The SMILES string of the molecule is CN(C)c1ccc(N)cc1.Cc1cc(N)cc(C)c1N. The van der Waals surface area contributed by atoms with E-state index in [1.165, 1.54) is 5.69 Å². The van der Waals surface area contributed by atoms with E-state index in [0.717, 1.165) is 28.2 Å².